The van der Waals surface area contributed by atoms with Crippen LogP contribution in [0.15, 0.2) is 23.2 Å². The molecule has 0 saturated carbocycles. The summed E-state index contributed by atoms with van der Waals surface area (Å²) in [5, 5.41) is 0. The van der Waals surface area contributed by atoms with Gasteiger partial charge in [-0.15, -0.1) is 0 Å². The van der Waals surface area contributed by atoms with Crippen LogP contribution in [0.5, 0.6) is 0 Å². The summed E-state index contributed by atoms with van der Waals surface area (Å²) in [6.07, 6.45) is 0.902. The second kappa shape index (κ2) is 30.3. The van der Waals surface area contributed by atoms with Gasteiger partial charge >= 0.3 is 29.6 Å². The SMILES string of the molecule is COCCOCCOCCOCCOCCOCCOCCOCCOCCOCCOCCC1(C)C(C)=Nc2ccc(C)cc21.[Na+]. The number of hydrogen-bond acceptors (Lipinski definition) is 12. The van der Waals surface area contributed by atoms with Gasteiger partial charge in [0.15, 0.2) is 0 Å². The minimum Gasteiger partial charge on any atom is -0.382 e. The predicted molar refractivity (Wildman–Crippen MR) is 176 cm³/mol. The van der Waals surface area contributed by atoms with Crippen LogP contribution >= 0.6 is 0 Å². The Bertz CT molecular complexity index is 911. The molecule has 1 aliphatic heterocycles. The first-order valence-corrected chi connectivity index (χ1v) is 16.5. The molecule has 1 aliphatic rings. The Balaban J connectivity index is 0.0000110. The molecule has 0 spiro atoms. The van der Waals surface area contributed by atoms with Gasteiger partial charge in [0.25, 0.3) is 0 Å². The van der Waals surface area contributed by atoms with E-state index in [2.05, 4.69) is 39.0 Å². The van der Waals surface area contributed by atoms with Crippen molar-refractivity contribution < 1.29 is 81.7 Å². The van der Waals surface area contributed by atoms with Crippen molar-refractivity contribution in [1.29, 1.82) is 0 Å². The molecular formula is C34H59NNaO11+. The molecule has 0 saturated heterocycles. The molecule has 2 rings (SSSR count). The number of ether oxygens (including phenoxy) is 11. The van der Waals surface area contributed by atoms with Crippen molar-refractivity contribution >= 4 is 11.4 Å². The van der Waals surface area contributed by atoms with Crippen LogP contribution in [0.1, 0.15) is 31.4 Å². The minimum atomic E-state index is -0.0655. The van der Waals surface area contributed by atoms with Crippen LogP contribution in [0.2, 0.25) is 0 Å². The molecule has 47 heavy (non-hydrogen) atoms. The van der Waals surface area contributed by atoms with Gasteiger partial charge in [0.2, 0.25) is 0 Å². The second-order valence-corrected chi connectivity index (χ2v) is 10.9. The number of hydrogen-bond donors (Lipinski definition) is 0. The van der Waals surface area contributed by atoms with E-state index in [4.69, 9.17) is 57.1 Å². The summed E-state index contributed by atoms with van der Waals surface area (Å²) >= 11 is 0. The number of methoxy groups -OCH3 is 1. The zero-order valence-corrected chi connectivity index (χ0v) is 31.7. The Labute approximate surface area is 304 Å². The molecular weight excluding hydrogens is 621 g/mol. The summed E-state index contributed by atoms with van der Waals surface area (Å²) in [6.45, 7) is 17.9. The van der Waals surface area contributed by atoms with Crippen LogP contribution in [0.3, 0.4) is 0 Å². The summed E-state index contributed by atoms with van der Waals surface area (Å²) in [7, 11) is 1.65. The molecule has 12 nitrogen and oxygen atoms in total. The van der Waals surface area contributed by atoms with E-state index in [1.54, 1.807) is 7.11 Å². The molecule has 0 aliphatic carbocycles. The first-order chi connectivity index (χ1) is 22.6. The summed E-state index contributed by atoms with van der Waals surface area (Å²) in [4.78, 5) is 4.76. The first-order valence-electron chi connectivity index (χ1n) is 16.5. The number of nitrogens with zero attached hydrogens (tertiary/aromatic N) is 1. The molecule has 0 radical (unpaired) electrons. The Kier molecular flexibility index (Phi) is 28.7. The maximum Gasteiger partial charge on any atom is 1.00 e. The van der Waals surface area contributed by atoms with Gasteiger partial charge in [-0.3, -0.25) is 4.99 Å². The third-order valence-corrected chi connectivity index (χ3v) is 7.36. The average molecular weight is 681 g/mol. The van der Waals surface area contributed by atoms with E-state index in [-0.39, 0.29) is 35.0 Å². The second-order valence-electron chi connectivity index (χ2n) is 10.9. The topological polar surface area (TPSA) is 114 Å². The van der Waals surface area contributed by atoms with E-state index in [0.29, 0.717) is 139 Å². The zero-order chi connectivity index (χ0) is 33.0. The summed E-state index contributed by atoms with van der Waals surface area (Å²) in [5.41, 5.74) is 4.73. The van der Waals surface area contributed by atoms with Gasteiger partial charge in [0, 0.05) is 24.8 Å². The monoisotopic (exact) mass is 680 g/mol. The summed E-state index contributed by atoms with van der Waals surface area (Å²) in [5.74, 6) is 0. The largest absolute Gasteiger partial charge is 1.00 e. The van der Waals surface area contributed by atoms with Crippen LogP contribution < -0.4 is 29.6 Å². The van der Waals surface area contributed by atoms with Gasteiger partial charge in [-0.05, 0) is 31.9 Å². The molecule has 13 heteroatoms. The van der Waals surface area contributed by atoms with E-state index < -0.39 is 0 Å². The number of fused-ring (bicyclic) bond motifs is 1. The zero-order valence-electron chi connectivity index (χ0n) is 29.7. The molecule has 0 amide bonds. The smallest absolute Gasteiger partial charge is 0.382 e. The van der Waals surface area contributed by atoms with Crippen molar-refractivity contribution in [3.63, 3.8) is 0 Å². The maximum absolute atomic E-state index is 5.84. The van der Waals surface area contributed by atoms with E-state index in [1.807, 2.05) is 0 Å². The normalized spacial score (nSPS) is 15.5. The molecule has 0 N–H and O–H groups in total. The first kappa shape index (κ1) is 44.5. The van der Waals surface area contributed by atoms with Gasteiger partial charge in [-0.1, -0.05) is 24.6 Å². The van der Waals surface area contributed by atoms with Crippen molar-refractivity contribution in [2.45, 2.75) is 32.6 Å². The molecule has 266 valence electrons. The summed E-state index contributed by atoms with van der Waals surface area (Å²) < 4.78 is 60.0. The van der Waals surface area contributed by atoms with Crippen molar-refractivity contribution in [3.05, 3.63) is 29.3 Å². The molecule has 0 aromatic heterocycles. The van der Waals surface area contributed by atoms with Crippen LogP contribution in [0.25, 0.3) is 0 Å². The maximum atomic E-state index is 5.84. The Morgan fingerprint density at radius 2 is 0.809 bits per heavy atom. The molecule has 1 unspecified atom stereocenters. The average Bonchev–Trinajstić information content (AvgIpc) is 3.30. The number of aliphatic imine (C=N–C) groups is 1. The van der Waals surface area contributed by atoms with E-state index in [1.165, 1.54) is 11.1 Å². The van der Waals surface area contributed by atoms with E-state index in [0.717, 1.165) is 17.8 Å². The van der Waals surface area contributed by atoms with E-state index in [9.17, 15) is 0 Å². The van der Waals surface area contributed by atoms with E-state index >= 15 is 0 Å². The van der Waals surface area contributed by atoms with Crippen LogP contribution in [0.4, 0.5) is 5.69 Å². The number of rotatable bonds is 33. The number of benzene rings is 1. The molecule has 1 aromatic carbocycles. The van der Waals surface area contributed by atoms with Crippen LogP contribution in [-0.2, 0) is 57.5 Å². The molecule has 1 atom stereocenters. The third kappa shape index (κ3) is 21.3. The Hall–Kier alpha value is -0.550. The fourth-order valence-electron chi connectivity index (χ4n) is 4.50. The quantitative estimate of drug-likeness (QED) is 0.0767. The fourth-order valence-corrected chi connectivity index (χ4v) is 4.50. The van der Waals surface area contributed by atoms with Gasteiger partial charge in [0.05, 0.1) is 138 Å². The van der Waals surface area contributed by atoms with Crippen molar-refractivity contribution in [1.82, 2.24) is 0 Å². The van der Waals surface area contributed by atoms with Crippen LogP contribution in [0, 0.1) is 6.92 Å². The molecule has 0 bridgehead atoms. The third-order valence-electron chi connectivity index (χ3n) is 7.36. The van der Waals surface area contributed by atoms with Gasteiger partial charge in [-0.2, -0.15) is 0 Å². The van der Waals surface area contributed by atoms with Gasteiger partial charge < -0.3 is 52.1 Å². The Morgan fingerprint density at radius 1 is 0.489 bits per heavy atom. The van der Waals surface area contributed by atoms with Crippen molar-refractivity contribution in [2.24, 2.45) is 4.99 Å². The molecule has 1 aromatic rings. The standard InChI is InChI=1S/C34H59NO11.Na/c1-30-5-6-33-32(29-30)34(3,31(2)35-33)7-8-37-11-12-39-15-16-41-19-20-43-23-24-45-27-28-46-26-25-44-22-21-42-18-17-40-14-13-38-10-9-36-4;/h5-6,29H,7-28H2,1-4H3;/q;+1. The predicted octanol–water partition coefficient (Wildman–Crippen LogP) is 0.565. The summed E-state index contributed by atoms with van der Waals surface area (Å²) in [6, 6.07) is 6.47. The minimum absolute atomic E-state index is 0. The fraction of sp³-hybridized carbons (Fsp3) is 0.794. The Morgan fingerprint density at radius 3 is 1.15 bits per heavy atom. The molecule has 1 heterocycles. The van der Waals surface area contributed by atoms with Crippen molar-refractivity contribution in [2.75, 3.05) is 146 Å². The van der Waals surface area contributed by atoms with Crippen LogP contribution in [-0.4, -0.2) is 152 Å². The number of aryl methyl sites for hydroxylation is 1. The molecule has 0 fully saturated rings. The van der Waals surface area contributed by atoms with Gasteiger partial charge in [0.1, 0.15) is 0 Å². The van der Waals surface area contributed by atoms with Gasteiger partial charge in [-0.25, -0.2) is 0 Å². The van der Waals surface area contributed by atoms with Crippen molar-refractivity contribution in [3.8, 4) is 0 Å².